The Labute approximate surface area is 218 Å². The van der Waals surface area contributed by atoms with E-state index in [2.05, 4.69) is 21.6 Å². The van der Waals surface area contributed by atoms with Crippen molar-refractivity contribution >= 4 is 28.6 Å². The van der Waals surface area contributed by atoms with Crippen LogP contribution in [0.2, 0.25) is 0 Å². The average Bonchev–Trinajstić information content (AvgIpc) is 3.40. The number of fused-ring (bicyclic) bond motifs is 1. The summed E-state index contributed by atoms with van der Waals surface area (Å²) in [6.07, 6.45) is 9.09. The lowest BCUT2D eigenvalue weighted by Gasteiger charge is -2.41. The zero-order valence-electron chi connectivity index (χ0n) is 21.3. The van der Waals surface area contributed by atoms with Crippen molar-refractivity contribution in [3.8, 4) is 5.75 Å². The van der Waals surface area contributed by atoms with Crippen molar-refractivity contribution in [1.29, 1.82) is 0 Å². The maximum absolute atomic E-state index is 11.8. The molecule has 36 heavy (non-hydrogen) atoms. The number of methoxy groups -OCH3 is 1. The first-order valence-corrected chi connectivity index (χ1v) is 14.3. The monoisotopic (exact) mass is 516 g/mol. The van der Waals surface area contributed by atoms with Crippen LogP contribution in [0, 0.1) is 5.41 Å². The molecule has 1 aliphatic heterocycles. The zero-order valence-corrected chi connectivity index (χ0v) is 22.1. The van der Waals surface area contributed by atoms with Crippen LogP contribution in [0.5, 0.6) is 5.75 Å². The fourth-order valence-electron chi connectivity index (χ4n) is 5.96. The van der Waals surface area contributed by atoms with Gasteiger partial charge in [0.1, 0.15) is 5.75 Å². The zero-order chi connectivity index (χ0) is 25.5. The number of aliphatic hydroxyl groups excluding tert-OH is 2. The van der Waals surface area contributed by atoms with E-state index >= 15 is 0 Å². The third-order valence-corrected chi connectivity index (χ3v) is 9.52. The molecule has 3 N–H and O–H groups in total. The van der Waals surface area contributed by atoms with Crippen LogP contribution in [0.1, 0.15) is 75.0 Å². The van der Waals surface area contributed by atoms with Crippen LogP contribution in [-0.2, 0) is 11.4 Å². The SMILES string of the molecule is COc1ccc2ncc(CO)c(C(O)CCC3(CC(=O)O)CCN(CCSC4CCCC4)CC3)c2c1. The summed E-state index contributed by atoms with van der Waals surface area (Å²) in [5.74, 6) is 1.04. The van der Waals surface area contributed by atoms with Crippen molar-refractivity contribution in [3.05, 3.63) is 35.5 Å². The average molecular weight is 517 g/mol. The summed E-state index contributed by atoms with van der Waals surface area (Å²) >= 11 is 2.10. The number of aliphatic hydroxyl groups is 2. The molecule has 7 nitrogen and oxygen atoms in total. The molecular formula is C28H40N2O5S. The van der Waals surface area contributed by atoms with E-state index in [1.165, 1.54) is 25.7 Å². The molecule has 1 unspecified atom stereocenters. The molecule has 1 atom stereocenters. The predicted molar refractivity (Wildman–Crippen MR) is 143 cm³/mol. The molecule has 1 saturated heterocycles. The minimum absolute atomic E-state index is 0.127. The number of carbonyl (C=O) groups is 1. The Balaban J connectivity index is 1.41. The first-order chi connectivity index (χ1) is 17.4. The number of aliphatic carboxylic acids is 1. The van der Waals surface area contributed by atoms with Gasteiger partial charge < -0.3 is 25.0 Å². The van der Waals surface area contributed by atoms with Gasteiger partial charge in [-0.3, -0.25) is 9.78 Å². The van der Waals surface area contributed by atoms with Crippen LogP contribution in [0.25, 0.3) is 10.9 Å². The van der Waals surface area contributed by atoms with Gasteiger partial charge in [-0.1, -0.05) is 12.8 Å². The summed E-state index contributed by atoms with van der Waals surface area (Å²) in [5.41, 5.74) is 1.66. The second-order valence-corrected chi connectivity index (χ2v) is 11.9. The van der Waals surface area contributed by atoms with Crippen LogP contribution in [0.4, 0.5) is 0 Å². The van der Waals surface area contributed by atoms with Gasteiger partial charge in [-0.25, -0.2) is 0 Å². The van der Waals surface area contributed by atoms with E-state index in [-0.39, 0.29) is 18.4 Å². The van der Waals surface area contributed by atoms with Crippen molar-refractivity contribution in [1.82, 2.24) is 9.88 Å². The number of rotatable bonds is 12. The van der Waals surface area contributed by atoms with Crippen LogP contribution in [0.15, 0.2) is 24.4 Å². The van der Waals surface area contributed by atoms with Gasteiger partial charge >= 0.3 is 5.97 Å². The Hall–Kier alpha value is -1.87. The fourth-order valence-corrected chi connectivity index (χ4v) is 7.32. The minimum atomic E-state index is -0.823. The normalized spacial score (nSPS) is 19.5. The number of ether oxygens (including phenoxy) is 1. The Bertz CT molecular complexity index is 1010. The Kier molecular flexibility index (Phi) is 9.50. The molecule has 1 aromatic heterocycles. The topological polar surface area (TPSA) is 103 Å². The number of likely N-dealkylation sites (tertiary alicyclic amines) is 1. The highest BCUT2D eigenvalue weighted by Gasteiger charge is 2.37. The molecule has 0 spiro atoms. The quantitative estimate of drug-likeness (QED) is 0.370. The number of carboxylic acids is 1. The Morgan fingerprint density at radius 2 is 2.03 bits per heavy atom. The lowest BCUT2D eigenvalue weighted by molar-refractivity contribution is -0.141. The van der Waals surface area contributed by atoms with Gasteiger partial charge in [-0.15, -0.1) is 0 Å². The van der Waals surface area contributed by atoms with Crippen LogP contribution >= 0.6 is 11.8 Å². The number of carboxylic acid groups (broad SMARTS) is 1. The van der Waals surface area contributed by atoms with Gasteiger partial charge in [-0.05, 0) is 80.8 Å². The van der Waals surface area contributed by atoms with Crippen LogP contribution in [0.3, 0.4) is 0 Å². The first kappa shape index (κ1) is 27.2. The van der Waals surface area contributed by atoms with Crippen molar-refractivity contribution in [2.75, 3.05) is 32.5 Å². The summed E-state index contributed by atoms with van der Waals surface area (Å²) in [5, 5.41) is 32.5. The van der Waals surface area contributed by atoms with E-state index in [4.69, 9.17) is 4.74 Å². The predicted octanol–water partition coefficient (Wildman–Crippen LogP) is 4.78. The highest BCUT2D eigenvalue weighted by molar-refractivity contribution is 7.99. The van der Waals surface area contributed by atoms with E-state index in [0.29, 0.717) is 29.7 Å². The summed E-state index contributed by atoms with van der Waals surface area (Å²) < 4.78 is 5.37. The molecule has 198 valence electrons. The standard InChI is InChI=1S/C28H40N2O5S/c1-35-21-6-7-24-23(16-21)27(20(19-31)18-29-24)25(32)8-9-28(17-26(33)34)10-12-30(13-11-28)14-15-36-22-4-2-3-5-22/h6-7,16,18,22,25,31-32H,2-5,8-15,17,19H2,1H3,(H,33,34). The molecule has 1 aromatic carbocycles. The van der Waals surface area contributed by atoms with E-state index in [9.17, 15) is 20.1 Å². The lowest BCUT2D eigenvalue weighted by Crippen LogP contribution is -2.42. The molecule has 2 fully saturated rings. The third-order valence-electron chi connectivity index (χ3n) is 8.16. The molecule has 0 radical (unpaired) electrons. The highest BCUT2D eigenvalue weighted by Crippen LogP contribution is 2.42. The van der Waals surface area contributed by atoms with Crippen LogP contribution < -0.4 is 4.74 Å². The number of hydrogen-bond acceptors (Lipinski definition) is 7. The largest absolute Gasteiger partial charge is 0.497 e. The molecule has 0 amide bonds. The van der Waals surface area contributed by atoms with Gasteiger partial charge in [0.25, 0.3) is 0 Å². The smallest absolute Gasteiger partial charge is 0.303 e. The maximum atomic E-state index is 11.8. The molecule has 1 saturated carbocycles. The van der Waals surface area contributed by atoms with Gasteiger partial charge in [0.2, 0.25) is 0 Å². The highest BCUT2D eigenvalue weighted by atomic mass is 32.2. The number of piperidine rings is 1. The molecule has 2 aromatic rings. The van der Waals surface area contributed by atoms with Crippen molar-refractivity contribution < 1.29 is 24.9 Å². The maximum Gasteiger partial charge on any atom is 0.303 e. The van der Waals surface area contributed by atoms with Gasteiger partial charge in [-0.2, -0.15) is 11.8 Å². The summed E-state index contributed by atoms with van der Waals surface area (Å²) in [6.45, 7) is 2.66. The summed E-state index contributed by atoms with van der Waals surface area (Å²) in [4.78, 5) is 18.7. The lowest BCUT2D eigenvalue weighted by atomic mass is 9.71. The third kappa shape index (κ3) is 6.71. The Morgan fingerprint density at radius 3 is 2.69 bits per heavy atom. The van der Waals surface area contributed by atoms with E-state index < -0.39 is 12.1 Å². The van der Waals surface area contributed by atoms with Gasteiger partial charge in [0, 0.05) is 34.7 Å². The number of nitrogens with zero attached hydrogens (tertiary/aromatic N) is 2. The number of hydrogen-bond donors (Lipinski definition) is 3. The van der Waals surface area contributed by atoms with E-state index in [1.807, 2.05) is 18.2 Å². The van der Waals surface area contributed by atoms with Gasteiger partial charge in [0.05, 0.1) is 31.8 Å². The number of thioether (sulfide) groups is 1. The second kappa shape index (κ2) is 12.6. The number of pyridine rings is 1. The van der Waals surface area contributed by atoms with Crippen molar-refractivity contribution in [2.45, 2.75) is 75.7 Å². The first-order valence-electron chi connectivity index (χ1n) is 13.2. The molecule has 2 heterocycles. The van der Waals surface area contributed by atoms with Crippen molar-refractivity contribution in [2.24, 2.45) is 5.41 Å². The molecule has 2 aliphatic rings. The Morgan fingerprint density at radius 1 is 1.28 bits per heavy atom. The van der Waals surface area contributed by atoms with E-state index in [0.717, 1.165) is 54.4 Å². The molecule has 8 heteroatoms. The molecule has 4 rings (SSSR count). The minimum Gasteiger partial charge on any atom is -0.497 e. The molecule has 0 bridgehead atoms. The van der Waals surface area contributed by atoms with Gasteiger partial charge in [0.15, 0.2) is 0 Å². The second-order valence-electron chi connectivity index (χ2n) is 10.5. The number of benzene rings is 1. The van der Waals surface area contributed by atoms with Crippen LogP contribution in [-0.4, -0.2) is 68.9 Å². The molecular weight excluding hydrogens is 476 g/mol. The summed E-state index contributed by atoms with van der Waals surface area (Å²) in [6, 6.07) is 5.51. The molecule has 1 aliphatic carbocycles. The number of aromatic nitrogens is 1. The van der Waals surface area contributed by atoms with Crippen molar-refractivity contribution in [3.63, 3.8) is 0 Å². The fraction of sp³-hybridized carbons (Fsp3) is 0.643. The summed E-state index contributed by atoms with van der Waals surface area (Å²) in [7, 11) is 1.59. The van der Waals surface area contributed by atoms with E-state index in [1.54, 1.807) is 13.3 Å².